The Morgan fingerprint density at radius 1 is 0.609 bits per heavy atom. The van der Waals surface area contributed by atoms with E-state index in [-0.39, 0.29) is 5.41 Å². The van der Waals surface area contributed by atoms with Crippen LogP contribution in [0.2, 0.25) is 0 Å². The second kappa shape index (κ2) is 11.1. The van der Waals surface area contributed by atoms with E-state index < -0.39 is 0 Å². The van der Waals surface area contributed by atoms with Crippen LogP contribution in [0.15, 0.2) is 158 Å². The number of benzene rings is 6. The third-order valence-corrected chi connectivity index (χ3v) is 9.69. The minimum atomic E-state index is -0.111. The van der Waals surface area contributed by atoms with Crippen molar-refractivity contribution in [3.63, 3.8) is 0 Å². The smallest absolute Gasteiger partial charge is 0.0542 e. The molecule has 0 radical (unpaired) electrons. The third-order valence-electron chi connectivity index (χ3n) is 9.69. The van der Waals surface area contributed by atoms with Crippen LogP contribution in [0.1, 0.15) is 36.1 Å². The molecule has 0 amide bonds. The van der Waals surface area contributed by atoms with Crippen molar-refractivity contribution in [2.75, 3.05) is 0 Å². The first-order valence-electron chi connectivity index (χ1n) is 16.0. The molecule has 8 rings (SSSR count). The molecule has 1 aromatic heterocycles. The molecule has 0 fully saturated rings. The van der Waals surface area contributed by atoms with Crippen LogP contribution < -0.4 is 5.73 Å². The molecule has 2 nitrogen and oxygen atoms in total. The number of rotatable bonds is 6. The van der Waals surface area contributed by atoms with Crippen molar-refractivity contribution in [3.05, 3.63) is 180 Å². The Labute approximate surface area is 270 Å². The van der Waals surface area contributed by atoms with Gasteiger partial charge in [0.15, 0.2) is 0 Å². The second-order valence-corrected chi connectivity index (χ2v) is 12.8. The van der Waals surface area contributed by atoms with Crippen LogP contribution in [0.25, 0.3) is 55.3 Å². The van der Waals surface area contributed by atoms with E-state index >= 15 is 0 Å². The molecular formula is C44H36N2. The molecule has 1 aliphatic rings. The fourth-order valence-corrected chi connectivity index (χ4v) is 7.41. The van der Waals surface area contributed by atoms with Crippen LogP contribution in [0.3, 0.4) is 0 Å². The van der Waals surface area contributed by atoms with E-state index in [9.17, 15) is 0 Å². The van der Waals surface area contributed by atoms with Crippen LogP contribution in [0.5, 0.6) is 0 Å². The highest BCUT2D eigenvalue weighted by atomic mass is 15.0. The lowest BCUT2D eigenvalue weighted by Crippen LogP contribution is -2.16. The first-order valence-corrected chi connectivity index (χ1v) is 16.0. The molecule has 2 heteroatoms. The molecule has 0 aliphatic heterocycles. The molecule has 0 saturated heterocycles. The van der Waals surface area contributed by atoms with Crippen molar-refractivity contribution in [3.8, 4) is 22.3 Å². The molecule has 6 aromatic carbocycles. The molecule has 7 aromatic rings. The Hall–Kier alpha value is -5.60. The van der Waals surface area contributed by atoms with Gasteiger partial charge in [0, 0.05) is 33.9 Å². The number of para-hydroxylation sites is 1. The van der Waals surface area contributed by atoms with Crippen LogP contribution in [0, 0.1) is 0 Å². The molecule has 0 bridgehead atoms. The molecule has 222 valence electrons. The van der Waals surface area contributed by atoms with Gasteiger partial charge in [0.25, 0.3) is 0 Å². The van der Waals surface area contributed by atoms with Crippen molar-refractivity contribution in [1.82, 2.24) is 4.57 Å². The van der Waals surface area contributed by atoms with Crippen LogP contribution in [0.4, 0.5) is 0 Å². The summed E-state index contributed by atoms with van der Waals surface area (Å²) in [7, 11) is 0. The monoisotopic (exact) mass is 592 g/mol. The first-order chi connectivity index (χ1) is 22.5. The number of fused-ring (bicyclic) bond motifs is 7. The number of allylic oxidation sites excluding steroid dienone is 3. The lowest BCUT2D eigenvalue weighted by Gasteiger charge is -2.23. The summed E-state index contributed by atoms with van der Waals surface area (Å²) in [5.41, 5.74) is 21.1. The summed E-state index contributed by atoms with van der Waals surface area (Å²) in [4.78, 5) is 0. The van der Waals surface area contributed by atoms with Gasteiger partial charge in [-0.3, -0.25) is 0 Å². The van der Waals surface area contributed by atoms with Crippen molar-refractivity contribution >= 4 is 33.1 Å². The van der Waals surface area contributed by atoms with Crippen LogP contribution in [-0.4, -0.2) is 4.57 Å². The Balaban J connectivity index is 1.26. The number of hydrogen-bond donors (Lipinski definition) is 1. The SMILES string of the molecule is CC1(C)c2ccccc2-c2ccc3c4ccccc4n(C/C=C(\C=C(/N)c4ccc(-c5ccccc5)cc4)c4ccccc4)c3c21. The van der Waals surface area contributed by atoms with Crippen molar-refractivity contribution in [2.24, 2.45) is 5.73 Å². The summed E-state index contributed by atoms with van der Waals surface area (Å²) >= 11 is 0. The van der Waals surface area contributed by atoms with Gasteiger partial charge in [0.05, 0.1) is 5.52 Å². The minimum Gasteiger partial charge on any atom is -0.398 e. The molecule has 1 heterocycles. The van der Waals surface area contributed by atoms with E-state index in [2.05, 4.69) is 170 Å². The topological polar surface area (TPSA) is 30.9 Å². The first kappa shape index (κ1) is 27.9. The van der Waals surface area contributed by atoms with E-state index in [0.717, 1.165) is 22.4 Å². The predicted molar refractivity (Wildman–Crippen MR) is 195 cm³/mol. The van der Waals surface area contributed by atoms with Gasteiger partial charge in [-0.1, -0.05) is 159 Å². The maximum atomic E-state index is 6.82. The van der Waals surface area contributed by atoms with Crippen LogP contribution in [-0.2, 0) is 12.0 Å². The highest BCUT2D eigenvalue weighted by molar-refractivity contribution is 6.12. The average Bonchev–Trinajstić information content (AvgIpc) is 3.55. The van der Waals surface area contributed by atoms with Gasteiger partial charge in [-0.05, 0) is 62.2 Å². The normalized spacial score (nSPS) is 14.0. The summed E-state index contributed by atoms with van der Waals surface area (Å²) in [6, 6.07) is 51.9. The lowest BCUT2D eigenvalue weighted by atomic mass is 9.81. The molecular weight excluding hydrogens is 556 g/mol. The van der Waals surface area contributed by atoms with E-state index in [0.29, 0.717) is 6.54 Å². The van der Waals surface area contributed by atoms with E-state index in [1.165, 1.54) is 55.2 Å². The standard InChI is InChI=1S/C44H36N2/c1-44(2)39-19-11-9-17-35(39)37-25-26-38-36-18-10-12-20-41(36)46(43(38)42(37)44)28-27-34(31-15-7-4-8-16-31)29-40(45)33-23-21-32(22-24-33)30-13-5-3-6-14-30/h3-27,29H,28,45H2,1-2H3/b34-27+,40-29-. The fourth-order valence-electron chi connectivity index (χ4n) is 7.41. The van der Waals surface area contributed by atoms with Gasteiger partial charge in [-0.15, -0.1) is 0 Å². The number of aromatic nitrogens is 1. The Morgan fingerprint density at radius 2 is 1.26 bits per heavy atom. The summed E-state index contributed by atoms with van der Waals surface area (Å²) < 4.78 is 2.51. The third kappa shape index (κ3) is 4.57. The molecule has 1 aliphatic carbocycles. The Morgan fingerprint density at radius 3 is 2.04 bits per heavy atom. The summed E-state index contributed by atoms with van der Waals surface area (Å²) in [6.45, 7) is 5.46. The summed E-state index contributed by atoms with van der Waals surface area (Å²) in [5, 5.41) is 2.59. The predicted octanol–water partition coefficient (Wildman–Crippen LogP) is 10.9. The molecule has 0 saturated carbocycles. The lowest BCUT2D eigenvalue weighted by molar-refractivity contribution is 0.661. The molecule has 2 N–H and O–H groups in total. The largest absolute Gasteiger partial charge is 0.398 e. The van der Waals surface area contributed by atoms with Gasteiger partial charge in [0.1, 0.15) is 0 Å². The van der Waals surface area contributed by atoms with E-state index in [1.807, 2.05) is 6.07 Å². The van der Waals surface area contributed by atoms with Gasteiger partial charge in [-0.2, -0.15) is 0 Å². The molecule has 0 unspecified atom stereocenters. The summed E-state index contributed by atoms with van der Waals surface area (Å²) in [6.07, 6.45) is 4.46. The minimum absolute atomic E-state index is 0.111. The van der Waals surface area contributed by atoms with Gasteiger partial charge in [-0.25, -0.2) is 0 Å². The number of hydrogen-bond acceptors (Lipinski definition) is 1. The maximum absolute atomic E-state index is 6.82. The second-order valence-electron chi connectivity index (χ2n) is 12.8. The quantitative estimate of drug-likeness (QED) is 0.191. The van der Waals surface area contributed by atoms with E-state index in [4.69, 9.17) is 5.73 Å². The van der Waals surface area contributed by atoms with Crippen molar-refractivity contribution in [1.29, 1.82) is 0 Å². The molecule has 0 spiro atoms. The Bertz CT molecular complexity index is 2280. The fraction of sp³-hybridized carbons (Fsp3) is 0.0909. The molecule has 0 atom stereocenters. The highest BCUT2D eigenvalue weighted by Gasteiger charge is 2.38. The van der Waals surface area contributed by atoms with Crippen LogP contribution >= 0.6 is 0 Å². The average molecular weight is 593 g/mol. The zero-order valence-electron chi connectivity index (χ0n) is 26.2. The van der Waals surface area contributed by atoms with Gasteiger partial charge in [0.2, 0.25) is 0 Å². The summed E-state index contributed by atoms with van der Waals surface area (Å²) in [5.74, 6) is 0. The Kier molecular flexibility index (Phi) is 6.73. The number of nitrogens with zero attached hydrogens (tertiary/aromatic N) is 1. The number of nitrogens with two attached hydrogens (primary N) is 1. The van der Waals surface area contributed by atoms with Crippen molar-refractivity contribution < 1.29 is 0 Å². The van der Waals surface area contributed by atoms with E-state index in [1.54, 1.807) is 0 Å². The van der Waals surface area contributed by atoms with Crippen molar-refractivity contribution in [2.45, 2.75) is 25.8 Å². The maximum Gasteiger partial charge on any atom is 0.0542 e. The molecule has 46 heavy (non-hydrogen) atoms. The van der Waals surface area contributed by atoms with Gasteiger partial charge >= 0.3 is 0 Å². The van der Waals surface area contributed by atoms with Gasteiger partial charge < -0.3 is 10.3 Å². The highest BCUT2D eigenvalue weighted by Crippen LogP contribution is 2.52. The zero-order valence-corrected chi connectivity index (χ0v) is 26.2. The zero-order chi connectivity index (χ0) is 31.3.